The highest BCUT2D eigenvalue weighted by molar-refractivity contribution is 5.86. The topological polar surface area (TPSA) is 87.3 Å². The van der Waals surface area contributed by atoms with E-state index in [0.29, 0.717) is 5.56 Å². The summed E-state index contributed by atoms with van der Waals surface area (Å²) < 4.78 is 50.1. The molecule has 0 fully saturated rings. The third-order valence-corrected chi connectivity index (χ3v) is 3.01. The number of halogens is 3. The van der Waals surface area contributed by atoms with E-state index >= 15 is 0 Å². The first-order valence-electron chi connectivity index (χ1n) is 7.18. The number of ether oxygens (including phenoxy) is 2. The third-order valence-electron chi connectivity index (χ3n) is 3.01. The quantitative estimate of drug-likeness (QED) is 0.641. The van der Waals surface area contributed by atoms with Crippen LogP contribution in [0.5, 0.6) is 5.75 Å². The molecule has 0 spiro atoms. The molecule has 10 heteroatoms. The minimum absolute atomic E-state index is 0.0277. The molecule has 0 amide bonds. The minimum Gasteiger partial charge on any atom is -0.451 e. The smallest absolute Gasteiger partial charge is 0.451 e. The monoisotopic (exact) mass is 365 g/mol. The Labute approximate surface area is 144 Å². The maximum Gasteiger partial charge on any atom is 0.573 e. The second-order valence-corrected chi connectivity index (χ2v) is 4.88. The zero-order valence-electron chi connectivity index (χ0n) is 12.9. The Morgan fingerprint density at radius 2 is 1.88 bits per heavy atom. The van der Waals surface area contributed by atoms with Gasteiger partial charge in [-0.05, 0) is 36.4 Å². The molecule has 2 heterocycles. The van der Waals surface area contributed by atoms with Gasteiger partial charge < -0.3 is 14.0 Å². The fraction of sp³-hybridized carbons (Fsp3) is 0.125. The number of hydrogen-bond donors (Lipinski definition) is 0. The van der Waals surface area contributed by atoms with Crippen molar-refractivity contribution in [1.29, 1.82) is 0 Å². The van der Waals surface area contributed by atoms with Crippen LogP contribution in [-0.4, -0.2) is 27.5 Å². The number of hydrogen-bond acceptors (Lipinski definition) is 7. The lowest BCUT2D eigenvalue weighted by Crippen LogP contribution is -2.16. The van der Waals surface area contributed by atoms with Crippen LogP contribution in [0, 0.1) is 0 Å². The maximum atomic E-state index is 12.1. The number of esters is 1. The number of benzene rings is 1. The number of rotatable bonds is 5. The van der Waals surface area contributed by atoms with Crippen LogP contribution in [0.3, 0.4) is 0 Å². The van der Waals surface area contributed by atoms with Crippen molar-refractivity contribution in [3.8, 4) is 17.1 Å². The number of aromatic nitrogens is 3. The summed E-state index contributed by atoms with van der Waals surface area (Å²) in [7, 11) is 0. The molecular weight excluding hydrogens is 355 g/mol. The van der Waals surface area contributed by atoms with Crippen LogP contribution in [0.2, 0.25) is 0 Å². The predicted molar refractivity (Wildman–Crippen MR) is 79.8 cm³/mol. The van der Waals surface area contributed by atoms with E-state index in [1.807, 2.05) is 0 Å². The molecule has 3 rings (SSSR count). The molecule has 0 aliphatic rings. The van der Waals surface area contributed by atoms with Gasteiger partial charge in [-0.25, -0.2) is 9.78 Å². The molecule has 0 atom stereocenters. The summed E-state index contributed by atoms with van der Waals surface area (Å²) >= 11 is 0. The van der Waals surface area contributed by atoms with Gasteiger partial charge in [0.25, 0.3) is 5.89 Å². The van der Waals surface area contributed by atoms with E-state index in [1.165, 1.54) is 24.4 Å². The Kier molecular flexibility index (Phi) is 4.83. The van der Waals surface area contributed by atoms with Crippen LogP contribution < -0.4 is 4.74 Å². The highest BCUT2D eigenvalue weighted by Gasteiger charge is 2.31. The van der Waals surface area contributed by atoms with Gasteiger partial charge in [-0.1, -0.05) is 11.2 Å². The molecule has 3 aromatic rings. The van der Waals surface area contributed by atoms with Crippen molar-refractivity contribution in [2.75, 3.05) is 0 Å². The maximum absolute atomic E-state index is 12.1. The van der Waals surface area contributed by atoms with Crippen LogP contribution in [0.15, 0.2) is 53.2 Å². The Bertz CT molecular complexity index is 880. The van der Waals surface area contributed by atoms with Gasteiger partial charge in [-0.2, -0.15) is 4.98 Å². The highest BCUT2D eigenvalue weighted by atomic mass is 19.4. The predicted octanol–water partition coefficient (Wildman–Crippen LogP) is 3.39. The van der Waals surface area contributed by atoms with Crippen molar-refractivity contribution in [2.24, 2.45) is 0 Å². The van der Waals surface area contributed by atoms with Crippen molar-refractivity contribution in [3.05, 3.63) is 60.2 Å². The van der Waals surface area contributed by atoms with Gasteiger partial charge in [0.15, 0.2) is 6.61 Å². The molecule has 0 radical (unpaired) electrons. The molecule has 0 saturated heterocycles. The summed E-state index contributed by atoms with van der Waals surface area (Å²) in [6, 6.07) is 9.73. The molecule has 0 aliphatic heterocycles. The zero-order chi connectivity index (χ0) is 18.6. The molecule has 0 saturated carbocycles. The molecule has 0 bridgehead atoms. The van der Waals surface area contributed by atoms with Gasteiger partial charge in [0.05, 0.1) is 0 Å². The van der Waals surface area contributed by atoms with E-state index in [9.17, 15) is 18.0 Å². The fourth-order valence-corrected chi connectivity index (χ4v) is 1.92. The third kappa shape index (κ3) is 4.56. The van der Waals surface area contributed by atoms with Crippen LogP contribution in [0.25, 0.3) is 11.4 Å². The Balaban J connectivity index is 1.62. The van der Waals surface area contributed by atoms with Crippen LogP contribution in [-0.2, 0) is 11.3 Å². The van der Waals surface area contributed by atoms with Gasteiger partial charge in [0.2, 0.25) is 5.82 Å². The summed E-state index contributed by atoms with van der Waals surface area (Å²) in [5.41, 5.74) is 0.540. The molecule has 26 heavy (non-hydrogen) atoms. The zero-order valence-corrected chi connectivity index (χ0v) is 12.9. The van der Waals surface area contributed by atoms with E-state index < -0.39 is 12.3 Å². The van der Waals surface area contributed by atoms with Crippen molar-refractivity contribution in [2.45, 2.75) is 13.0 Å². The summed E-state index contributed by atoms with van der Waals surface area (Å²) in [5.74, 6) is -0.861. The molecular formula is C16H10F3N3O4. The first-order valence-corrected chi connectivity index (χ1v) is 7.18. The number of carbonyl (C=O) groups is 1. The van der Waals surface area contributed by atoms with E-state index in [0.717, 1.165) is 12.1 Å². The van der Waals surface area contributed by atoms with E-state index in [-0.39, 0.29) is 29.8 Å². The largest absolute Gasteiger partial charge is 0.573 e. The lowest BCUT2D eigenvalue weighted by atomic mass is 10.2. The average Bonchev–Trinajstić information content (AvgIpc) is 3.09. The second-order valence-electron chi connectivity index (χ2n) is 4.88. The Hall–Kier alpha value is -3.43. The molecule has 134 valence electrons. The van der Waals surface area contributed by atoms with Gasteiger partial charge in [0, 0.05) is 11.8 Å². The molecule has 1 aromatic carbocycles. The standard InChI is InChI=1S/C16H10F3N3O4/c17-16(18,19)25-11-6-4-10(5-7-11)14-21-13(26-22-14)9-24-15(23)12-3-1-2-8-20-12/h1-8H,9H2. The fourth-order valence-electron chi connectivity index (χ4n) is 1.92. The molecule has 0 unspecified atom stereocenters. The van der Waals surface area contributed by atoms with E-state index in [4.69, 9.17) is 9.26 Å². The van der Waals surface area contributed by atoms with Crippen molar-refractivity contribution >= 4 is 5.97 Å². The Morgan fingerprint density at radius 3 is 2.54 bits per heavy atom. The van der Waals surface area contributed by atoms with Crippen molar-refractivity contribution in [1.82, 2.24) is 15.1 Å². The summed E-state index contributed by atoms with van der Waals surface area (Å²) in [6.45, 7) is -0.266. The first-order chi connectivity index (χ1) is 12.4. The van der Waals surface area contributed by atoms with Crippen LogP contribution in [0.1, 0.15) is 16.4 Å². The minimum atomic E-state index is -4.77. The summed E-state index contributed by atoms with van der Waals surface area (Å²) in [5, 5.41) is 3.69. The molecule has 7 nitrogen and oxygen atoms in total. The molecule has 0 N–H and O–H groups in total. The normalized spacial score (nSPS) is 11.2. The van der Waals surface area contributed by atoms with Gasteiger partial charge in [-0.15, -0.1) is 13.2 Å². The average molecular weight is 365 g/mol. The second kappa shape index (κ2) is 7.21. The lowest BCUT2D eigenvalue weighted by Gasteiger charge is -2.08. The van der Waals surface area contributed by atoms with Gasteiger partial charge >= 0.3 is 12.3 Å². The van der Waals surface area contributed by atoms with Crippen LogP contribution >= 0.6 is 0 Å². The van der Waals surface area contributed by atoms with Gasteiger partial charge in [0.1, 0.15) is 11.4 Å². The van der Waals surface area contributed by atoms with Crippen molar-refractivity contribution in [3.63, 3.8) is 0 Å². The molecule has 2 aromatic heterocycles. The van der Waals surface area contributed by atoms with E-state index in [1.54, 1.807) is 12.1 Å². The SMILES string of the molecule is O=C(OCc1nc(-c2ccc(OC(F)(F)F)cc2)no1)c1ccccn1. The first kappa shape index (κ1) is 17.4. The van der Waals surface area contributed by atoms with Crippen LogP contribution in [0.4, 0.5) is 13.2 Å². The summed E-state index contributed by atoms with van der Waals surface area (Å²) in [6.07, 6.45) is -3.31. The Morgan fingerprint density at radius 1 is 1.12 bits per heavy atom. The number of alkyl halides is 3. The summed E-state index contributed by atoms with van der Waals surface area (Å²) in [4.78, 5) is 19.6. The highest BCUT2D eigenvalue weighted by Crippen LogP contribution is 2.25. The number of carbonyl (C=O) groups excluding carboxylic acids is 1. The molecule has 0 aliphatic carbocycles. The number of nitrogens with zero attached hydrogens (tertiary/aromatic N) is 3. The van der Waals surface area contributed by atoms with Crippen molar-refractivity contribution < 1.29 is 32.0 Å². The lowest BCUT2D eigenvalue weighted by molar-refractivity contribution is -0.274. The van der Waals surface area contributed by atoms with E-state index in [2.05, 4.69) is 19.9 Å². The number of pyridine rings is 1. The van der Waals surface area contributed by atoms with Gasteiger partial charge in [-0.3, -0.25) is 0 Å².